The van der Waals surface area contributed by atoms with Gasteiger partial charge < -0.3 is 9.67 Å². The first-order chi connectivity index (χ1) is 7.24. The number of aliphatic hydroxyl groups is 1. The van der Waals surface area contributed by atoms with Crippen molar-refractivity contribution in [3.8, 4) is 6.07 Å². The zero-order valence-electron chi connectivity index (χ0n) is 8.51. The number of hydrogen-bond donors (Lipinski definition) is 1. The molecule has 0 spiro atoms. The Kier molecular flexibility index (Phi) is 2.44. The van der Waals surface area contributed by atoms with Crippen LogP contribution in [0.25, 0.3) is 10.9 Å². The summed E-state index contributed by atoms with van der Waals surface area (Å²) in [4.78, 5) is 0. The summed E-state index contributed by atoms with van der Waals surface area (Å²) >= 11 is 0. The van der Waals surface area contributed by atoms with Gasteiger partial charge in [0.1, 0.15) is 0 Å². The highest BCUT2D eigenvalue weighted by Gasteiger charge is 2.13. The highest BCUT2D eigenvalue weighted by atomic mass is 16.3. The number of nitrogens with zero attached hydrogens (tertiary/aromatic N) is 2. The van der Waals surface area contributed by atoms with Crippen molar-refractivity contribution in [2.24, 2.45) is 7.05 Å². The fourth-order valence-corrected chi connectivity index (χ4v) is 1.83. The smallest absolute Gasteiger partial charge is 0.0940 e. The lowest BCUT2D eigenvalue weighted by Gasteiger charge is -2.03. The van der Waals surface area contributed by atoms with Crippen LogP contribution in [0.5, 0.6) is 0 Å². The SMILES string of the molecule is Cn1cc(C(O)CC#N)c2ccccc21. The molecule has 1 unspecified atom stereocenters. The normalized spacial score (nSPS) is 12.6. The van der Waals surface area contributed by atoms with Crippen LogP contribution >= 0.6 is 0 Å². The van der Waals surface area contributed by atoms with E-state index in [-0.39, 0.29) is 6.42 Å². The molecule has 3 nitrogen and oxygen atoms in total. The lowest BCUT2D eigenvalue weighted by Crippen LogP contribution is -1.94. The van der Waals surface area contributed by atoms with Crippen LogP contribution < -0.4 is 0 Å². The van der Waals surface area contributed by atoms with Crippen molar-refractivity contribution in [1.82, 2.24) is 4.57 Å². The quantitative estimate of drug-likeness (QED) is 0.807. The number of para-hydroxylation sites is 1. The molecule has 0 saturated carbocycles. The van der Waals surface area contributed by atoms with Crippen LogP contribution in [-0.4, -0.2) is 9.67 Å². The van der Waals surface area contributed by atoms with Crippen molar-refractivity contribution in [2.45, 2.75) is 12.5 Å². The van der Waals surface area contributed by atoms with Gasteiger partial charge in [-0.3, -0.25) is 0 Å². The number of benzene rings is 1. The molecule has 1 aromatic carbocycles. The monoisotopic (exact) mass is 200 g/mol. The highest BCUT2D eigenvalue weighted by molar-refractivity contribution is 5.84. The first kappa shape index (κ1) is 9.75. The predicted molar refractivity (Wildman–Crippen MR) is 58.1 cm³/mol. The molecule has 0 fully saturated rings. The van der Waals surface area contributed by atoms with Crippen molar-refractivity contribution in [3.05, 3.63) is 36.0 Å². The van der Waals surface area contributed by atoms with Gasteiger partial charge in [-0.1, -0.05) is 18.2 Å². The van der Waals surface area contributed by atoms with Crippen molar-refractivity contribution in [2.75, 3.05) is 0 Å². The zero-order chi connectivity index (χ0) is 10.8. The zero-order valence-corrected chi connectivity index (χ0v) is 8.51. The van der Waals surface area contributed by atoms with Crippen LogP contribution in [0.4, 0.5) is 0 Å². The van der Waals surface area contributed by atoms with E-state index in [0.717, 1.165) is 16.5 Å². The van der Waals surface area contributed by atoms with Crippen LogP contribution in [0.3, 0.4) is 0 Å². The molecular formula is C12H12N2O. The van der Waals surface area contributed by atoms with Gasteiger partial charge >= 0.3 is 0 Å². The molecule has 0 aliphatic heterocycles. The summed E-state index contributed by atoms with van der Waals surface area (Å²) in [5.74, 6) is 0. The molecule has 3 heteroatoms. The Morgan fingerprint density at radius 2 is 2.20 bits per heavy atom. The molecular weight excluding hydrogens is 188 g/mol. The Labute approximate surface area is 88.2 Å². The van der Waals surface area contributed by atoms with Crippen LogP contribution in [0, 0.1) is 11.3 Å². The summed E-state index contributed by atoms with van der Waals surface area (Å²) in [5.41, 5.74) is 1.90. The van der Waals surface area contributed by atoms with Gasteiger partial charge in [-0.05, 0) is 6.07 Å². The van der Waals surface area contributed by atoms with Crippen LogP contribution in [0.2, 0.25) is 0 Å². The summed E-state index contributed by atoms with van der Waals surface area (Å²) in [7, 11) is 1.94. The van der Waals surface area contributed by atoms with Crippen LogP contribution in [0.1, 0.15) is 18.1 Å². The van der Waals surface area contributed by atoms with E-state index in [1.807, 2.05) is 48.1 Å². The standard InChI is InChI=1S/C12H12N2O/c1-14-8-10(12(15)6-7-13)9-4-2-3-5-11(9)14/h2-5,8,12,15H,6H2,1H3. The molecule has 0 radical (unpaired) electrons. The minimum absolute atomic E-state index is 0.133. The average molecular weight is 200 g/mol. The maximum atomic E-state index is 9.80. The van der Waals surface area contributed by atoms with E-state index < -0.39 is 6.10 Å². The lowest BCUT2D eigenvalue weighted by atomic mass is 10.1. The number of aryl methyl sites for hydroxylation is 1. The summed E-state index contributed by atoms with van der Waals surface area (Å²) in [6.07, 6.45) is 1.32. The minimum Gasteiger partial charge on any atom is -0.387 e. The van der Waals surface area contributed by atoms with Crippen LogP contribution in [-0.2, 0) is 7.05 Å². The molecule has 2 rings (SSSR count). The van der Waals surface area contributed by atoms with Crippen molar-refractivity contribution in [1.29, 1.82) is 5.26 Å². The van der Waals surface area contributed by atoms with E-state index in [4.69, 9.17) is 5.26 Å². The van der Waals surface area contributed by atoms with E-state index in [9.17, 15) is 5.11 Å². The Morgan fingerprint density at radius 1 is 1.47 bits per heavy atom. The topological polar surface area (TPSA) is 49.0 Å². The van der Waals surface area contributed by atoms with Gasteiger partial charge in [0.25, 0.3) is 0 Å². The molecule has 0 aliphatic rings. The highest BCUT2D eigenvalue weighted by Crippen LogP contribution is 2.27. The summed E-state index contributed by atoms with van der Waals surface area (Å²) < 4.78 is 1.96. The fourth-order valence-electron chi connectivity index (χ4n) is 1.83. The Morgan fingerprint density at radius 3 is 2.93 bits per heavy atom. The number of aromatic nitrogens is 1. The summed E-state index contributed by atoms with van der Waals surface area (Å²) in [6.45, 7) is 0. The second-order valence-electron chi connectivity index (χ2n) is 3.59. The molecule has 0 aliphatic carbocycles. The lowest BCUT2D eigenvalue weighted by molar-refractivity contribution is 0.185. The Balaban J connectivity index is 2.58. The molecule has 1 N–H and O–H groups in total. The largest absolute Gasteiger partial charge is 0.387 e. The molecule has 0 bridgehead atoms. The first-order valence-corrected chi connectivity index (χ1v) is 4.83. The second-order valence-corrected chi connectivity index (χ2v) is 3.59. The van der Waals surface area contributed by atoms with Crippen LogP contribution in [0.15, 0.2) is 30.5 Å². The van der Waals surface area contributed by atoms with E-state index in [1.165, 1.54) is 0 Å². The van der Waals surface area contributed by atoms with Crippen molar-refractivity contribution < 1.29 is 5.11 Å². The molecule has 1 heterocycles. The maximum Gasteiger partial charge on any atom is 0.0940 e. The average Bonchev–Trinajstić information content (AvgIpc) is 2.58. The number of aliphatic hydroxyl groups excluding tert-OH is 1. The predicted octanol–water partition coefficient (Wildman–Crippen LogP) is 2.13. The second kappa shape index (κ2) is 3.76. The first-order valence-electron chi connectivity index (χ1n) is 4.83. The maximum absolute atomic E-state index is 9.80. The van der Waals surface area contributed by atoms with Gasteiger partial charge in [0, 0.05) is 29.7 Å². The summed E-state index contributed by atoms with van der Waals surface area (Å²) in [6, 6.07) is 9.84. The Hall–Kier alpha value is -1.79. The van der Waals surface area contributed by atoms with E-state index in [2.05, 4.69) is 0 Å². The fraction of sp³-hybridized carbons (Fsp3) is 0.250. The Bertz CT molecular complexity index is 522. The third kappa shape index (κ3) is 1.60. The molecule has 1 aromatic heterocycles. The third-order valence-corrected chi connectivity index (χ3v) is 2.57. The van der Waals surface area contributed by atoms with E-state index in [1.54, 1.807) is 0 Å². The van der Waals surface area contributed by atoms with Gasteiger partial charge in [0.15, 0.2) is 0 Å². The molecule has 15 heavy (non-hydrogen) atoms. The molecule has 0 amide bonds. The van der Waals surface area contributed by atoms with Crippen molar-refractivity contribution in [3.63, 3.8) is 0 Å². The number of hydrogen-bond acceptors (Lipinski definition) is 2. The molecule has 0 saturated heterocycles. The van der Waals surface area contributed by atoms with Gasteiger partial charge in [0.05, 0.1) is 18.6 Å². The molecule has 2 aromatic rings. The van der Waals surface area contributed by atoms with Gasteiger partial charge in [-0.25, -0.2) is 0 Å². The number of nitriles is 1. The van der Waals surface area contributed by atoms with Crippen molar-refractivity contribution >= 4 is 10.9 Å². The van der Waals surface area contributed by atoms with E-state index >= 15 is 0 Å². The third-order valence-electron chi connectivity index (χ3n) is 2.57. The number of fused-ring (bicyclic) bond motifs is 1. The number of rotatable bonds is 2. The van der Waals surface area contributed by atoms with Gasteiger partial charge in [-0.15, -0.1) is 0 Å². The van der Waals surface area contributed by atoms with E-state index in [0.29, 0.717) is 0 Å². The summed E-state index contributed by atoms with van der Waals surface area (Å²) in [5, 5.41) is 19.4. The van der Waals surface area contributed by atoms with Gasteiger partial charge in [0.2, 0.25) is 0 Å². The minimum atomic E-state index is -0.693. The van der Waals surface area contributed by atoms with Gasteiger partial charge in [-0.2, -0.15) is 5.26 Å². The molecule has 76 valence electrons. The molecule has 1 atom stereocenters.